The molecule has 5 aromatic heterocycles. The van der Waals surface area contributed by atoms with E-state index in [1.807, 2.05) is 18.2 Å². The number of rotatable bonds is 4. The Morgan fingerprint density at radius 3 is 2.89 bits per heavy atom. The number of nitrogens with two attached hydrogens (primary N) is 1. The highest BCUT2D eigenvalue weighted by Crippen LogP contribution is 2.29. The van der Waals surface area contributed by atoms with Gasteiger partial charge in [-0.15, -0.1) is 5.10 Å². The van der Waals surface area contributed by atoms with Crippen LogP contribution in [-0.2, 0) is 0 Å². The second-order valence-electron chi connectivity index (χ2n) is 6.01. The third-order valence-electron chi connectivity index (χ3n) is 4.03. The number of aromatic nitrogens is 9. The molecule has 5 heterocycles. The number of aryl methyl sites for hydroxylation is 1. The number of H-pyrrole nitrogens is 1. The van der Waals surface area contributed by atoms with E-state index in [2.05, 4.69) is 40.4 Å². The molecule has 11 nitrogen and oxygen atoms in total. The van der Waals surface area contributed by atoms with Gasteiger partial charge in [0.25, 0.3) is 0 Å². The van der Waals surface area contributed by atoms with Gasteiger partial charge in [-0.1, -0.05) is 0 Å². The van der Waals surface area contributed by atoms with Crippen molar-refractivity contribution in [2.75, 3.05) is 11.1 Å². The van der Waals surface area contributed by atoms with E-state index < -0.39 is 0 Å². The van der Waals surface area contributed by atoms with Crippen LogP contribution in [0.1, 0.15) is 5.82 Å². The highest BCUT2D eigenvalue weighted by molar-refractivity contribution is 5.77. The van der Waals surface area contributed by atoms with E-state index in [0.29, 0.717) is 46.3 Å². The molecule has 5 rings (SSSR count). The van der Waals surface area contributed by atoms with Gasteiger partial charge in [0.1, 0.15) is 17.3 Å². The second kappa shape index (κ2) is 6.16. The van der Waals surface area contributed by atoms with E-state index in [1.165, 1.54) is 0 Å². The summed E-state index contributed by atoms with van der Waals surface area (Å²) in [6.07, 6.45) is 6.88. The monoisotopic (exact) mass is 373 g/mol. The van der Waals surface area contributed by atoms with E-state index in [0.717, 1.165) is 0 Å². The van der Waals surface area contributed by atoms with E-state index in [1.54, 1.807) is 47.0 Å². The molecule has 0 aromatic carbocycles. The zero-order valence-corrected chi connectivity index (χ0v) is 14.8. The van der Waals surface area contributed by atoms with Gasteiger partial charge in [0.05, 0.1) is 5.69 Å². The van der Waals surface area contributed by atoms with Crippen LogP contribution in [0.2, 0.25) is 0 Å². The molecular weight excluding hydrogens is 358 g/mol. The molecule has 138 valence electrons. The molecule has 5 aromatic rings. The summed E-state index contributed by atoms with van der Waals surface area (Å²) in [6.45, 7) is 1.79. The average Bonchev–Trinajstić information content (AvgIpc) is 3.40. The largest absolute Gasteiger partial charge is 0.384 e. The molecule has 0 atom stereocenters. The van der Waals surface area contributed by atoms with Gasteiger partial charge in [-0.05, 0) is 19.1 Å². The van der Waals surface area contributed by atoms with Crippen molar-refractivity contribution in [2.24, 2.45) is 0 Å². The maximum atomic E-state index is 5.92. The van der Waals surface area contributed by atoms with Crippen LogP contribution >= 0.6 is 0 Å². The molecule has 0 saturated carbocycles. The number of nitrogens with one attached hydrogen (secondary N) is 2. The first-order valence-electron chi connectivity index (χ1n) is 8.45. The van der Waals surface area contributed by atoms with Gasteiger partial charge in [-0.3, -0.25) is 0 Å². The van der Waals surface area contributed by atoms with E-state index >= 15 is 0 Å². The minimum Gasteiger partial charge on any atom is -0.384 e. The fourth-order valence-electron chi connectivity index (χ4n) is 2.93. The third-order valence-corrected chi connectivity index (χ3v) is 4.03. The molecule has 0 aliphatic carbocycles. The fourth-order valence-corrected chi connectivity index (χ4v) is 2.93. The quantitative estimate of drug-likeness (QED) is 0.432. The molecule has 0 saturated heterocycles. The maximum absolute atomic E-state index is 5.92. The molecule has 0 fully saturated rings. The number of aromatic amines is 1. The number of fused-ring (bicyclic) bond motifs is 1. The SMILES string of the molecule is Cc1nc(N)cc(-c2c(Nc3ccn(-c4ncc[nH]4)n3)nc3cccnn23)n1. The summed E-state index contributed by atoms with van der Waals surface area (Å²) in [6, 6.07) is 7.20. The minimum absolute atomic E-state index is 0.376. The molecule has 0 unspecified atom stereocenters. The first-order chi connectivity index (χ1) is 13.7. The van der Waals surface area contributed by atoms with Gasteiger partial charge in [0, 0.05) is 36.9 Å². The van der Waals surface area contributed by atoms with E-state index in [9.17, 15) is 0 Å². The standard InChI is InChI=1S/C17H15N11/c1-10-22-11(9-12(18)23-10)15-16(25-14-3-2-5-21-28(14)15)24-13-4-8-27(26-13)17-19-6-7-20-17/h2-9H,1H3,(H,19,20)(H,24,26)(H2,18,22,23). The zero-order valence-electron chi connectivity index (χ0n) is 14.8. The molecule has 0 aliphatic heterocycles. The Morgan fingerprint density at radius 1 is 1.14 bits per heavy atom. The Balaban J connectivity index is 1.61. The van der Waals surface area contributed by atoms with Crippen LogP contribution in [0.15, 0.2) is 49.1 Å². The summed E-state index contributed by atoms with van der Waals surface area (Å²) in [5, 5.41) is 12.1. The zero-order chi connectivity index (χ0) is 19.1. The van der Waals surface area contributed by atoms with Crippen LogP contribution < -0.4 is 11.1 Å². The lowest BCUT2D eigenvalue weighted by atomic mass is 10.3. The normalized spacial score (nSPS) is 11.2. The lowest BCUT2D eigenvalue weighted by Gasteiger charge is -2.06. The lowest BCUT2D eigenvalue weighted by Crippen LogP contribution is -2.03. The Bertz CT molecular complexity index is 1250. The van der Waals surface area contributed by atoms with Crippen LogP contribution in [0.4, 0.5) is 17.5 Å². The van der Waals surface area contributed by atoms with Gasteiger partial charge in [-0.2, -0.15) is 5.10 Å². The van der Waals surface area contributed by atoms with Crippen molar-refractivity contribution < 1.29 is 0 Å². The van der Waals surface area contributed by atoms with Crippen molar-refractivity contribution in [2.45, 2.75) is 6.92 Å². The van der Waals surface area contributed by atoms with Crippen molar-refractivity contribution >= 4 is 23.1 Å². The molecule has 11 heteroatoms. The molecule has 4 N–H and O–H groups in total. The van der Waals surface area contributed by atoms with Crippen molar-refractivity contribution in [3.8, 4) is 17.3 Å². The smallest absolute Gasteiger partial charge is 0.228 e. The molecule has 0 aliphatic rings. The van der Waals surface area contributed by atoms with E-state index in [4.69, 9.17) is 5.73 Å². The van der Waals surface area contributed by atoms with Crippen molar-refractivity contribution in [3.63, 3.8) is 0 Å². The molecule has 28 heavy (non-hydrogen) atoms. The molecule has 0 spiro atoms. The maximum Gasteiger partial charge on any atom is 0.228 e. The van der Waals surface area contributed by atoms with Crippen LogP contribution in [0, 0.1) is 6.92 Å². The first-order valence-corrected chi connectivity index (χ1v) is 8.45. The fraction of sp³-hybridized carbons (Fsp3) is 0.0588. The summed E-state index contributed by atoms with van der Waals surface area (Å²) in [4.78, 5) is 20.5. The van der Waals surface area contributed by atoms with Gasteiger partial charge in [0.15, 0.2) is 17.3 Å². The van der Waals surface area contributed by atoms with Crippen LogP contribution in [0.25, 0.3) is 23.0 Å². The predicted molar refractivity (Wildman–Crippen MR) is 102 cm³/mol. The predicted octanol–water partition coefficient (Wildman–Crippen LogP) is 1.73. The topological polar surface area (TPSA) is 141 Å². The number of hydrogen-bond donors (Lipinski definition) is 3. The summed E-state index contributed by atoms with van der Waals surface area (Å²) < 4.78 is 3.33. The molecule has 0 amide bonds. The Labute approximate surface area is 158 Å². The number of nitrogens with zero attached hydrogens (tertiary/aromatic N) is 8. The summed E-state index contributed by atoms with van der Waals surface area (Å²) in [5.41, 5.74) is 7.87. The number of hydrogen-bond acceptors (Lipinski definition) is 8. The van der Waals surface area contributed by atoms with Crippen molar-refractivity contribution in [1.29, 1.82) is 0 Å². The average molecular weight is 373 g/mol. The van der Waals surface area contributed by atoms with Gasteiger partial charge in [-0.25, -0.2) is 29.1 Å². The number of nitrogen functional groups attached to an aromatic ring is 1. The first kappa shape index (κ1) is 15.9. The highest BCUT2D eigenvalue weighted by atomic mass is 15.4. The molecular formula is C17H15N11. The minimum atomic E-state index is 0.376. The number of imidazole rings is 2. The second-order valence-corrected chi connectivity index (χ2v) is 6.01. The lowest BCUT2D eigenvalue weighted by molar-refractivity contribution is 0.828. The Kier molecular flexibility index (Phi) is 3.50. The van der Waals surface area contributed by atoms with Crippen LogP contribution in [0.5, 0.6) is 0 Å². The third kappa shape index (κ3) is 2.70. The Morgan fingerprint density at radius 2 is 2.07 bits per heavy atom. The summed E-state index contributed by atoms with van der Waals surface area (Å²) in [7, 11) is 0. The van der Waals surface area contributed by atoms with Crippen LogP contribution in [0.3, 0.4) is 0 Å². The van der Waals surface area contributed by atoms with Crippen molar-refractivity contribution in [3.05, 3.63) is 54.9 Å². The van der Waals surface area contributed by atoms with Crippen molar-refractivity contribution in [1.82, 2.24) is 44.3 Å². The van der Waals surface area contributed by atoms with E-state index in [-0.39, 0.29) is 0 Å². The summed E-state index contributed by atoms with van der Waals surface area (Å²) >= 11 is 0. The van der Waals surface area contributed by atoms with Gasteiger partial charge in [0.2, 0.25) is 5.95 Å². The molecule has 0 bridgehead atoms. The highest BCUT2D eigenvalue weighted by Gasteiger charge is 2.18. The van der Waals surface area contributed by atoms with Crippen LogP contribution in [-0.4, -0.2) is 44.3 Å². The van der Waals surface area contributed by atoms with Gasteiger partial charge >= 0.3 is 0 Å². The Hall–Kier alpha value is -4.28. The number of anilines is 3. The molecule has 0 radical (unpaired) electrons. The summed E-state index contributed by atoms with van der Waals surface area (Å²) in [5.74, 6) is 2.71. The van der Waals surface area contributed by atoms with Gasteiger partial charge < -0.3 is 16.0 Å².